The number of ketones is 1. The van der Waals surface area contributed by atoms with Crippen LogP contribution in [-0.4, -0.2) is 66.9 Å². The molecule has 0 aliphatic carbocycles. The first-order valence-electron chi connectivity index (χ1n) is 11.7. The lowest BCUT2D eigenvalue weighted by Gasteiger charge is -2.46. The number of benzene rings is 1. The molecule has 4 rings (SSSR count). The first kappa shape index (κ1) is 22.8. The van der Waals surface area contributed by atoms with Gasteiger partial charge in [-0.05, 0) is 49.3 Å². The fraction of sp³-hybridized carbons (Fsp3) is 0.640. The molecule has 174 valence electrons. The third kappa shape index (κ3) is 4.03. The maximum atomic E-state index is 13.4. The molecular formula is C25H34N2O5. The van der Waals surface area contributed by atoms with Crippen molar-refractivity contribution < 1.29 is 23.9 Å². The average molecular weight is 443 g/mol. The van der Waals surface area contributed by atoms with Gasteiger partial charge in [0.1, 0.15) is 5.75 Å². The van der Waals surface area contributed by atoms with Crippen molar-refractivity contribution in [1.29, 1.82) is 0 Å². The number of piperidine rings is 2. The number of amides is 1. The van der Waals surface area contributed by atoms with Gasteiger partial charge in [0.15, 0.2) is 11.2 Å². The standard InChI is InChI=1S/C25H34N2O5/c1-17-6-5-11-26(15-17)23(29)14-25(24(30)32-3)21-10-9-19(13-22(25)28)27(21)16-18-7-4-8-20(12-18)31-2/h4,7-8,12,17,19,21H,5-6,9-11,13-16H2,1-3H3/t17-,19-,21-,25-/m1/s1. The Kier molecular flexibility index (Phi) is 6.56. The topological polar surface area (TPSA) is 76.2 Å². The molecule has 1 aromatic carbocycles. The predicted octanol–water partition coefficient (Wildman–Crippen LogP) is 2.81. The monoisotopic (exact) mass is 442 g/mol. The van der Waals surface area contributed by atoms with E-state index in [9.17, 15) is 14.4 Å². The van der Waals surface area contributed by atoms with Crippen LogP contribution in [0.25, 0.3) is 0 Å². The van der Waals surface area contributed by atoms with Crippen LogP contribution >= 0.6 is 0 Å². The molecule has 0 aromatic heterocycles. The molecule has 3 saturated heterocycles. The zero-order valence-electron chi connectivity index (χ0n) is 19.3. The number of fused-ring (bicyclic) bond motifs is 2. The molecule has 0 spiro atoms. The molecule has 3 aliphatic rings. The summed E-state index contributed by atoms with van der Waals surface area (Å²) in [6.45, 7) is 4.12. The van der Waals surface area contributed by atoms with Gasteiger partial charge in [0.25, 0.3) is 0 Å². The summed E-state index contributed by atoms with van der Waals surface area (Å²) < 4.78 is 10.5. The first-order chi connectivity index (χ1) is 15.4. The van der Waals surface area contributed by atoms with Crippen LogP contribution in [-0.2, 0) is 25.7 Å². The molecule has 3 fully saturated rings. The van der Waals surface area contributed by atoms with E-state index in [2.05, 4.69) is 11.8 Å². The number of nitrogens with zero attached hydrogens (tertiary/aromatic N) is 2. The highest BCUT2D eigenvalue weighted by Crippen LogP contribution is 2.48. The van der Waals surface area contributed by atoms with Gasteiger partial charge in [-0.2, -0.15) is 0 Å². The van der Waals surface area contributed by atoms with Crippen LogP contribution in [0.2, 0.25) is 0 Å². The van der Waals surface area contributed by atoms with E-state index in [-0.39, 0.29) is 36.6 Å². The highest BCUT2D eigenvalue weighted by Gasteiger charge is 2.62. The lowest BCUT2D eigenvalue weighted by Crippen LogP contribution is -2.61. The Morgan fingerprint density at radius 1 is 1.19 bits per heavy atom. The SMILES string of the molecule is COC(=O)[C@@]1(CC(=O)N2CCC[C@@H](C)C2)C(=O)C[C@H]2CC[C@H]1N2Cc1cccc(OC)c1. The first-order valence-corrected chi connectivity index (χ1v) is 11.7. The zero-order valence-corrected chi connectivity index (χ0v) is 19.3. The fourth-order valence-corrected chi connectivity index (χ4v) is 5.97. The normalized spacial score (nSPS) is 30.3. The van der Waals surface area contributed by atoms with Crippen LogP contribution in [0, 0.1) is 11.3 Å². The quantitative estimate of drug-likeness (QED) is 0.498. The Morgan fingerprint density at radius 2 is 2.00 bits per heavy atom. The summed E-state index contributed by atoms with van der Waals surface area (Å²) in [5, 5.41) is 0. The number of carbonyl (C=O) groups excluding carboxylic acids is 3. The number of methoxy groups -OCH3 is 2. The maximum Gasteiger partial charge on any atom is 0.321 e. The van der Waals surface area contributed by atoms with Crippen LogP contribution in [0.4, 0.5) is 0 Å². The molecule has 0 saturated carbocycles. The van der Waals surface area contributed by atoms with Gasteiger partial charge in [-0.15, -0.1) is 0 Å². The minimum Gasteiger partial charge on any atom is -0.497 e. The van der Waals surface area contributed by atoms with Gasteiger partial charge < -0.3 is 14.4 Å². The summed E-state index contributed by atoms with van der Waals surface area (Å²) in [7, 11) is 2.95. The van der Waals surface area contributed by atoms with Gasteiger partial charge in [0.2, 0.25) is 5.91 Å². The number of hydrogen-bond donors (Lipinski definition) is 0. The zero-order chi connectivity index (χ0) is 22.9. The van der Waals surface area contributed by atoms with Crippen LogP contribution < -0.4 is 4.74 Å². The summed E-state index contributed by atoms with van der Waals surface area (Å²) in [5.74, 6) is 0.391. The van der Waals surface area contributed by atoms with Crippen LogP contribution in [0.15, 0.2) is 24.3 Å². The summed E-state index contributed by atoms with van der Waals surface area (Å²) in [6.07, 6.45) is 3.78. The molecule has 0 radical (unpaired) electrons. The smallest absolute Gasteiger partial charge is 0.321 e. The minimum atomic E-state index is -1.43. The number of Topliss-reactive ketones (excluding diaryl/α,β-unsaturated/α-hetero) is 1. The number of esters is 1. The number of carbonyl (C=O) groups is 3. The molecule has 3 aliphatic heterocycles. The third-order valence-corrected chi connectivity index (χ3v) is 7.62. The van der Waals surface area contributed by atoms with E-state index in [0.717, 1.165) is 30.6 Å². The van der Waals surface area contributed by atoms with E-state index in [1.165, 1.54) is 7.11 Å². The van der Waals surface area contributed by atoms with Gasteiger partial charge >= 0.3 is 5.97 Å². The highest BCUT2D eigenvalue weighted by molar-refractivity contribution is 6.08. The van der Waals surface area contributed by atoms with E-state index in [4.69, 9.17) is 9.47 Å². The van der Waals surface area contributed by atoms with Crippen LogP contribution in [0.1, 0.15) is 51.0 Å². The molecule has 2 bridgehead atoms. The van der Waals surface area contributed by atoms with Gasteiger partial charge in [0, 0.05) is 38.1 Å². The second kappa shape index (κ2) is 9.22. The second-order valence-electron chi connectivity index (χ2n) is 9.62. The van der Waals surface area contributed by atoms with Crippen LogP contribution in [0.3, 0.4) is 0 Å². The van der Waals surface area contributed by atoms with Crippen molar-refractivity contribution in [3.8, 4) is 5.75 Å². The summed E-state index contributed by atoms with van der Waals surface area (Å²) in [4.78, 5) is 44.1. The van der Waals surface area contributed by atoms with E-state index < -0.39 is 11.4 Å². The van der Waals surface area contributed by atoms with E-state index in [1.54, 1.807) is 7.11 Å². The molecule has 7 nitrogen and oxygen atoms in total. The average Bonchev–Trinajstić information content (AvgIpc) is 3.11. The van der Waals surface area contributed by atoms with Crippen molar-refractivity contribution in [2.75, 3.05) is 27.3 Å². The van der Waals surface area contributed by atoms with Gasteiger partial charge in [0.05, 0.1) is 20.6 Å². The minimum absolute atomic E-state index is 0.0848. The maximum absolute atomic E-state index is 13.4. The van der Waals surface area contributed by atoms with Crippen molar-refractivity contribution in [1.82, 2.24) is 9.80 Å². The number of likely N-dealkylation sites (tertiary alicyclic amines) is 1. The molecule has 0 N–H and O–H groups in total. The lowest BCUT2D eigenvalue weighted by atomic mass is 9.69. The molecule has 7 heteroatoms. The van der Waals surface area contributed by atoms with Crippen LogP contribution in [0.5, 0.6) is 5.75 Å². The Hall–Kier alpha value is -2.41. The van der Waals surface area contributed by atoms with Gasteiger partial charge in [-0.3, -0.25) is 19.3 Å². The summed E-state index contributed by atoms with van der Waals surface area (Å²) in [6, 6.07) is 7.60. The Morgan fingerprint density at radius 3 is 2.72 bits per heavy atom. The lowest BCUT2D eigenvalue weighted by molar-refractivity contribution is -0.171. The summed E-state index contributed by atoms with van der Waals surface area (Å²) >= 11 is 0. The molecular weight excluding hydrogens is 408 g/mol. The van der Waals surface area contributed by atoms with Crippen molar-refractivity contribution in [2.24, 2.45) is 11.3 Å². The highest BCUT2D eigenvalue weighted by atomic mass is 16.5. The summed E-state index contributed by atoms with van der Waals surface area (Å²) in [5.41, 5.74) is -0.371. The van der Waals surface area contributed by atoms with Crippen molar-refractivity contribution >= 4 is 17.7 Å². The van der Waals surface area contributed by atoms with Gasteiger partial charge in [-0.25, -0.2) is 0 Å². The van der Waals surface area contributed by atoms with E-state index >= 15 is 0 Å². The molecule has 1 amide bonds. The third-order valence-electron chi connectivity index (χ3n) is 7.62. The van der Waals surface area contributed by atoms with Crippen molar-refractivity contribution in [3.63, 3.8) is 0 Å². The number of hydrogen-bond acceptors (Lipinski definition) is 6. The number of rotatable bonds is 6. The van der Waals surface area contributed by atoms with Crippen molar-refractivity contribution in [3.05, 3.63) is 29.8 Å². The fourth-order valence-electron chi connectivity index (χ4n) is 5.97. The molecule has 4 atom stereocenters. The van der Waals surface area contributed by atoms with Gasteiger partial charge in [-0.1, -0.05) is 19.1 Å². The Bertz CT molecular complexity index is 887. The molecule has 1 aromatic rings. The molecule has 32 heavy (non-hydrogen) atoms. The Labute approximate surface area is 190 Å². The second-order valence-corrected chi connectivity index (χ2v) is 9.62. The van der Waals surface area contributed by atoms with Crippen molar-refractivity contribution in [2.45, 2.75) is 64.1 Å². The largest absolute Gasteiger partial charge is 0.497 e. The predicted molar refractivity (Wildman–Crippen MR) is 119 cm³/mol. The Balaban J connectivity index is 1.63. The van der Waals surface area contributed by atoms with E-state index in [1.807, 2.05) is 29.2 Å². The molecule has 0 unspecified atom stereocenters. The number of ether oxygens (including phenoxy) is 2. The molecule has 3 heterocycles. The van der Waals surface area contributed by atoms with E-state index in [0.29, 0.717) is 32.0 Å².